The lowest BCUT2D eigenvalue weighted by Crippen LogP contribution is -2.59. The van der Waals surface area contributed by atoms with Gasteiger partial charge in [0, 0.05) is 0 Å². The second-order valence-corrected chi connectivity index (χ2v) is 5.55. The molecular formula is C14H31NO5. The summed E-state index contributed by atoms with van der Waals surface area (Å²) in [6.45, 7) is 1.45. The van der Waals surface area contributed by atoms with E-state index in [9.17, 15) is 20.4 Å². The summed E-state index contributed by atoms with van der Waals surface area (Å²) >= 11 is 0. The zero-order valence-electron chi connectivity index (χ0n) is 12.4. The van der Waals surface area contributed by atoms with E-state index in [4.69, 9.17) is 10.8 Å². The average molecular weight is 293 g/mol. The van der Waals surface area contributed by atoms with Crippen LogP contribution in [0, 0.1) is 0 Å². The Morgan fingerprint density at radius 1 is 0.950 bits per heavy atom. The number of hydrogen-bond donors (Lipinski definition) is 6. The van der Waals surface area contributed by atoms with Gasteiger partial charge in [0.2, 0.25) is 0 Å². The summed E-state index contributed by atoms with van der Waals surface area (Å²) in [6, 6.07) is 0. The molecule has 6 heteroatoms. The highest BCUT2D eigenvalue weighted by molar-refractivity contribution is 4.88. The van der Waals surface area contributed by atoms with Crippen LogP contribution in [0.25, 0.3) is 0 Å². The van der Waals surface area contributed by atoms with E-state index in [2.05, 4.69) is 6.92 Å². The molecule has 0 aromatic rings. The van der Waals surface area contributed by atoms with E-state index in [-0.39, 0.29) is 6.42 Å². The van der Waals surface area contributed by atoms with Crippen molar-refractivity contribution in [2.24, 2.45) is 5.73 Å². The third-order valence-electron chi connectivity index (χ3n) is 3.60. The van der Waals surface area contributed by atoms with Gasteiger partial charge >= 0.3 is 0 Å². The van der Waals surface area contributed by atoms with Crippen molar-refractivity contribution < 1.29 is 25.5 Å². The Morgan fingerprint density at radius 2 is 1.45 bits per heavy atom. The summed E-state index contributed by atoms with van der Waals surface area (Å²) in [5, 5.41) is 47.1. The van der Waals surface area contributed by atoms with Crippen LogP contribution in [0.1, 0.15) is 58.3 Å². The van der Waals surface area contributed by atoms with Gasteiger partial charge in [0.05, 0.1) is 6.61 Å². The van der Waals surface area contributed by atoms with Gasteiger partial charge in [0.1, 0.15) is 24.0 Å². The van der Waals surface area contributed by atoms with E-state index >= 15 is 0 Å². The number of aliphatic hydroxyl groups is 5. The molecule has 0 saturated heterocycles. The molecule has 0 amide bonds. The maximum atomic E-state index is 9.91. The highest BCUT2D eigenvalue weighted by Crippen LogP contribution is 2.19. The first kappa shape index (κ1) is 19.8. The molecule has 122 valence electrons. The van der Waals surface area contributed by atoms with E-state index in [0.717, 1.165) is 19.3 Å². The normalized spacial score (nSPS) is 19.4. The van der Waals surface area contributed by atoms with Gasteiger partial charge in [-0.15, -0.1) is 0 Å². The number of unbranched alkanes of at least 4 members (excludes halogenated alkanes) is 6. The maximum Gasteiger partial charge on any atom is 0.142 e. The summed E-state index contributed by atoms with van der Waals surface area (Å²) in [6.07, 6.45) is 2.61. The largest absolute Gasteiger partial charge is 0.394 e. The van der Waals surface area contributed by atoms with Gasteiger partial charge in [-0.25, -0.2) is 0 Å². The first-order chi connectivity index (χ1) is 9.36. The summed E-state index contributed by atoms with van der Waals surface area (Å²) in [5.74, 6) is 0. The van der Waals surface area contributed by atoms with Crippen LogP contribution in [0.4, 0.5) is 0 Å². The minimum atomic E-state index is -1.96. The van der Waals surface area contributed by atoms with Crippen molar-refractivity contribution in [3.63, 3.8) is 0 Å². The van der Waals surface area contributed by atoms with Crippen LogP contribution in [-0.2, 0) is 0 Å². The Bertz CT molecular complexity index is 238. The minimum absolute atomic E-state index is 0.136. The van der Waals surface area contributed by atoms with Crippen molar-refractivity contribution in [1.82, 2.24) is 0 Å². The molecule has 0 aliphatic rings. The van der Waals surface area contributed by atoms with E-state index in [1.165, 1.54) is 19.3 Å². The Morgan fingerprint density at radius 3 is 1.95 bits per heavy atom. The number of nitrogens with two attached hydrogens (primary N) is 1. The highest BCUT2D eigenvalue weighted by atomic mass is 16.4. The van der Waals surface area contributed by atoms with Crippen LogP contribution in [0.3, 0.4) is 0 Å². The first-order valence-corrected chi connectivity index (χ1v) is 7.53. The Hall–Kier alpha value is -0.240. The molecule has 20 heavy (non-hydrogen) atoms. The van der Waals surface area contributed by atoms with Crippen molar-refractivity contribution in [3.05, 3.63) is 0 Å². The SMILES string of the molecule is CCCCCCCCC[C@](N)(O)[C@@H](O)[C@H](O)[C@H](O)CO. The highest BCUT2D eigenvalue weighted by Gasteiger charge is 2.38. The molecule has 0 radical (unpaired) electrons. The predicted octanol–water partition coefficient (Wildman–Crippen LogP) is -0.151. The second kappa shape index (κ2) is 10.5. The van der Waals surface area contributed by atoms with Gasteiger partial charge < -0.3 is 31.3 Å². The van der Waals surface area contributed by atoms with Gasteiger partial charge in [-0.3, -0.25) is 0 Å². The van der Waals surface area contributed by atoms with Gasteiger partial charge in [0.15, 0.2) is 0 Å². The zero-order chi connectivity index (χ0) is 15.6. The molecular weight excluding hydrogens is 262 g/mol. The lowest BCUT2D eigenvalue weighted by molar-refractivity contribution is -0.159. The summed E-state index contributed by atoms with van der Waals surface area (Å²) in [5.41, 5.74) is 3.61. The summed E-state index contributed by atoms with van der Waals surface area (Å²) in [4.78, 5) is 0. The zero-order valence-corrected chi connectivity index (χ0v) is 12.4. The standard InChI is InChI=1S/C14H31NO5/c1-2-3-4-5-6-7-8-9-14(15,20)13(19)12(18)11(17)10-16/h11-13,16-20H,2-10,15H2,1H3/t11-,12-,13+,14+/m1/s1. The summed E-state index contributed by atoms with van der Waals surface area (Å²) in [7, 11) is 0. The van der Waals surface area contributed by atoms with Crippen LogP contribution in [-0.4, -0.2) is 56.2 Å². The van der Waals surface area contributed by atoms with E-state index in [1.54, 1.807) is 0 Å². The maximum absolute atomic E-state index is 9.91. The molecule has 0 aliphatic carbocycles. The Kier molecular flexibility index (Phi) is 10.4. The molecule has 0 bridgehead atoms. The van der Waals surface area contributed by atoms with Crippen molar-refractivity contribution in [1.29, 1.82) is 0 Å². The fourth-order valence-electron chi connectivity index (χ4n) is 2.13. The molecule has 0 aromatic heterocycles. The summed E-state index contributed by atoms with van der Waals surface area (Å²) < 4.78 is 0. The monoisotopic (exact) mass is 293 g/mol. The molecule has 6 nitrogen and oxygen atoms in total. The van der Waals surface area contributed by atoms with Crippen LogP contribution in [0.5, 0.6) is 0 Å². The molecule has 7 N–H and O–H groups in total. The first-order valence-electron chi connectivity index (χ1n) is 7.53. The molecule has 0 aromatic carbocycles. The predicted molar refractivity (Wildman–Crippen MR) is 76.9 cm³/mol. The second-order valence-electron chi connectivity index (χ2n) is 5.55. The van der Waals surface area contributed by atoms with Gasteiger partial charge in [0.25, 0.3) is 0 Å². The van der Waals surface area contributed by atoms with E-state index in [1.807, 2.05) is 0 Å². The molecule has 0 fully saturated rings. The quantitative estimate of drug-likeness (QED) is 0.219. The van der Waals surface area contributed by atoms with Gasteiger partial charge in [-0.05, 0) is 12.8 Å². The number of hydrogen-bond acceptors (Lipinski definition) is 6. The van der Waals surface area contributed by atoms with Gasteiger partial charge in [-0.2, -0.15) is 0 Å². The van der Waals surface area contributed by atoms with E-state index in [0.29, 0.717) is 6.42 Å². The van der Waals surface area contributed by atoms with Crippen molar-refractivity contribution >= 4 is 0 Å². The lowest BCUT2D eigenvalue weighted by atomic mass is 9.93. The molecule has 0 rings (SSSR count). The number of rotatable bonds is 12. The smallest absolute Gasteiger partial charge is 0.142 e. The van der Waals surface area contributed by atoms with Crippen molar-refractivity contribution in [3.8, 4) is 0 Å². The molecule has 0 aliphatic heterocycles. The van der Waals surface area contributed by atoms with Crippen LogP contribution in [0.2, 0.25) is 0 Å². The Balaban J connectivity index is 3.93. The fourth-order valence-corrected chi connectivity index (χ4v) is 2.13. The minimum Gasteiger partial charge on any atom is -0.394 e. The third kappa shape index (κ3) is 7.52. The molecule has 0 heterocycles. The topological polar surface area (TPSA) is 127 Å². The van der Waals surface area contributed by atoms with Crippen molar-refractivity contribution in [2.45, 2.75) is 82.3 Å². The molecule has 0 unspecified atom stereocenters. The average Bonchev–Trinajstić information content (AvgIpc) is 2.43. The third-order valence-corrected chi connectivity index (χ3v) is 3.60. The molecule has 0 saturated carbocycles. The molecule has 4 atom stereocenters. The fraction of sp³-hybridized carbons (Fsp3) is 1.00. The van der Waals surface area contributed by atoms with Crippen LogP contribution in [0.15, 0.2) is 0 Å². The Labute approximate surface area is 121 Å². The van der Waals surface area contributed by atoms with Gasteiger partial charge in [-0.1, -0.05) is 45.4 Å². The number of aliphatic hydroxyl groups excluding tert-OH is 4. The lowest BCUT2D eigenvalue weighted by Gasteiger charge is -2.33. The van der Waals surface area contributed by atoms with Crippen LogP contribution < -0.4 is 5.73 Å². The molecule has 0 spiro atoms. The van der Waals surface area contributed by atoms with Crippen molar-refractivity contribution in [2.75, 3.05) is 6.61 Å². The van der Waals surface area contributed by atoms with E-state index < -0.39 is 30.6 Å². The van der Waals surface area contributed by atoms with Crippen LogP contribution >= 0.6 is 0 Å².